The molecule has 0 atom stereocenters. The van der Waals surface area contributed by atoms with E-state index in [9.17, 15) is 14.0 Å². The lowest BCUT2D eigenvalue weighted by Crippen LogP contribution is -2.34. The van der Waals surface area contributed by atoms with Gasteiger partial charge in [0, 0.05) is 5.69 Å². The Morgan fingerprint density at radius 1 is 1.26 bits per heavy atom. The molecule has 0 aliphatic carbocycles. The third-order valence-corrected chi connectivity index (χ3v) is 2.44. The maximum Gasteiger partial charge on any atom is 0.326 e. The molecule has 0 spiro atoms. The Hall–Kier alpha value is -2.34. The fraction of sp³-hybridized carbons (Fsp3) is 0. The zero-order valence-electron chi connectivity index (χ0n) is 9.44. The summed E-state index contributed by atoms with van der Waals surface area (Å²) in [4.78, 5) is 23.0. The maximum absolute atomic E-state index is 12.9. The van der Waals surface area contributed by atoms with Gasteiger partial charge in [-0.2, -0.15) is 0 Å². The zero-order chi connectivity index (χ0) is 13.8. The molecule has 2 rings (SSSR count). The quantitative estimate of drug-likeness (QED) is 0.889. The smallest absolute Gasteiger partial charge is 0.326 e. The first kappa shape index (κ1) is 13.1. The zero-order valence-corrected chi connectivity index (χ0v) is 10.2. The molecule has 0 radical (unpaired) electrons. The van der Waals surface area contributed by atoms with E-state index in [-0.39, 0.29) is 16.5 Å². The molecule has 1 aromatic heterocycles. The van der Waals surface area contributed by atoms with Crippen molar-refractivity contribution in [2.75, 3.05) is 5.32 Å². The monoisotopic (exact) mass is 282 g/mol. The van der Waals surface area contributed by atoms with Gasteiger partial charge in [-0.25, -0.2) is 9.18 Å². The topological polar surface area (TPSA) is 71.3 Å². The maximum atomic E-state index is 12.9. The van der Waals surface area contributed by atoms with Gasteiger partial charge in [-0.1, -0.05) is 11.6 Å². The van der Waals surface area contributed by atoms with Gasteiger partial charge in [-0.15, -0.1) is 0 Å². The second kappa shape index (κ2) is 5.53. The minimum atomic E-state index is -0.774. The van der Waals surface area contributed by atoms with E-state index in [0.29, 0.717) is 0 Å². The highest BCUT2D eigenvalue weighted by Gasteiger charge is 2.12. The molecule has 2 N–H and O–H groups in total. The van der Waals surface area contributed by atoms with E-state index in [0.717, 1.165) is 6.07 Å². The number of anilines is 1. The summed E-state index contributed by atoms with van der Waals surface area (Å²) in [5.74, 6) is -1.28. The van der Waals surface area contributed by atoms with Crippen molar-refractivity contribution >= 4 is 29.2 Å². The summed E-state index contributed by atoms with van der Waals surface area (Å²) < 4.78 is 17.7. The van der Waals surface area contributed by atoms with E-state index in [1.807, 2.05) is 5.32 Å². The minimum Gasteiger partial charge on any atom is -0.459 e. The number of furan rings is 1. The van der Waals surface area contributed by atoms with Crippen LogP contribution < -0.4 is 10.6 Å². The second-order valence-electron chi connectivity index (χ2n) is 3.51. The number of benzene rings is 1. The van der Waals surface area contributed by atoms with Crippen molar-refractivity contribution < 1.29 is 18.4 Å². The Kier molecular flexibility index (Phi) is 3.82. The molecule has 0 aliphatic heterocycles. The lowest BCUT2D eigenvalue weighted by atomic mass is 10.3. The van der Waals surface area contributed by atoms with Gasteiger partial charge in [0.25, 0.3) is 5.91 Å². The largest absolute Gasteiger partial charge is 0.459 e. The van der Waals surface area contributed by atoms with E-state index in [1.54, 1.807) is 0 Å². The third-order valence-electron chi connectivity index (χ3n) is 2.15. The van der Waals surface area contributed by atoms with Crippen molar-refractivity contribution in [3.63, 3.8) is 0 Å². The van der Waals surface area contributed by atoms with Crippen molar-refractivity contribution in [1.82, 2.24) is 5.32 Å². The van der Waals surface area contributed by atoms with Crippen LogP contribution in [0.5, 0.6) is 0 Å². The number of hydrogen-bond acceptors (Lipinski definition) is 3. The molecule has 0 fully saturated rings. The van der Waals surface area contributed by atoms with Crippen LogP contribution in [0.2, 0.25) is 5.02 Å². The van der Waals surface area contributed by atoms with Crippen LogP contribution in [0, 0.1) is 5.82 Å². The first-order valence-corrected chi connectivity index (χ1v) is 5.55. The standard InChI is InChI=1S/C12H8ClFN2O3/c13-8-6-7(3-4-9(8)14)15-12(18)16-11(17)10-2-1-5-19-10/h1-6H,(H2,15,16,17,18). The molecule has 3 amide bonds. The van der Waals surface area contributed by atoms with E-state index in [1.165, 1.54) is 30.5 Å². The van der Waals surface area contributed by atoms with Crippen LogP contribution in [0.25, 0.3) is 0 Å². The Labute approximate surface area is 112 Å². The molecule has 1 aromatic carbocycles. The molecular formula is C12H8ClFN2O3. The van der Waals surface area contributed by atoms with Crippen molar-refractivity contribution in [2.24, 2.45) is 0 Å². The molecule has 5 nitrogen and oxygen atoms in total. The predicted molar refractivity (Wildman–Crippen MR) is 66.6 cm³/mol. The first-order chi connectivity index (χ1) is 9.06. The van der Waals surface area contributed by atoms with Gasteiger partial charge in [-0.05, 0) is 30.3 Å². The lowest BCUT2D eigenvalue weighted by Gasteiger charge is -2.06. The number of urea groups is 1. The molecule has 0 unspecified atom stereocenters. The Morgan fingerprint density at radius 2 is 2.05 bits per heavy atom. The predicted octanol–water partition coefficient (Wildman–Crippen LogP) is 3.03. The molecular weight excluding hydrogens is 275 g/mol. The molecule has 19 heavy (non-hydrogen) atoms. The third kappa shape index (κ3) is 3.32. The molecule has 0 aliphatic rings. The number of halogens is 2. The van der Waals surface area contributed by atoms with Crippen LogP contribution in [0.3, 0.4) is 0 Å². The fourth-order valence-corrected chi connectivity index (χ4v) is 1.49. The van der Waals surface area contributed by atoms with Gasteiger partial charge < -0.3 is 9.73 Å². The minimum absolute atomic E-state index is 0.00675. The van der Waals surface area contributed by atoms with E-state index in [2.05, 4.69) is 5.32 Å². The Balaban J connectivity index is 1.98. The van der Waals surface area contributed by atoms with Crippen molar-refractivity contribution in [2.45, 2.75) is 0 Å². The van der Waals surface area contributed by atoms with Crippen molar-refractivity contribution in [3.05, 3.63) is 53.2 Å². The molecule has 98 valence electrons. The van der Waals surface area contributed by atoms with Crippen LogP contribution in [0.15, 0.2) is 41.0 Å². The number of hydrogen-bond donors (Lipinski definition) is 2. The van der Waals surface area contributed by atoms with Crippen LogP contribution in [0.1, 0.15) is 10.6 Å². The van der Waals surface area contributed by atoms with Crippen molar-refractivity contribution in [1.29, 1.82) is 0 Å². The number of carbonyl (C=O) groups is 2. The lowest BCUT2D eigenvalue weighted by molar-refractivity contribution is 0.0940. The molecule has 7 heteroatoms. The molecule has 1 heterocycles. The number of amides is 3. The summed E-state index contributed by atoms with van der Waals surface area (Å²) in [5.41, 5.74) is 0.260. The highest BCUT2D eigenvalue weighted by molar-refractivity contribution is 6.31. The van der Waals surface area contributed by atoms with E-state index < -0.39 is 17.8 Å². The average Bonchev–Trinajstić information content (AvgIpc) is 2.87. The number of rotatable bonds is 2. The summed E-state index contributed by atoms with van der Waals surface area (Å²) in [6.45, 7) is 0. The van der Waals surface area contributed by atoms with Crippen LogP contribution in [0.4, 0.5) is 14.9 Å². The number of nitrogens with one attached hydrogen (secondary N) is 2. The van der Waals surface area contributed by atoms with Crippen LogP contribution in [-0.2, 0) is 0 Å². The second-order valence-corrected chi connectivity index (χ2v) is 3.92. The Bertz CT molecular complexity index is 613. The van der Waals surface area contributed by atoms with Gasteiger partial charge in [-0.3, -0.25) is 10.1 Å². The van der Waals surface area contributed by atoms with E-state index in [4.69, 9.17) is 16.0 Å². The summed E-state index contributed by atoms with van der Waals surface area (Å²) in [5, 5.41) is 4.25. The van der Waals surface area contributed by atoms with Crippen LogP contribution >= 0.6 is 11.6 Å². The molecule has 0 bridgehead atoms. The first-order valence-electron chi connectivity index (χ1n) is 5.17. The van der Waals surface area contributed by atoms with Gasteiger partial charge >= 0.3 is 6.03 Å². The van der Waals surface area contributed by atoms with Gasteiger partial charge in [0.1, 0.15) is 5.82 Å². The Morgan fingerprint density at radius 3 is 2.68 bits per heavy atom. The molecule has 2 aromatic rings. The van der Waals surface area contributed by atoms with Gasteiger partial charge in [0.15, 0.2) is 5.76 Å². The van der Waals surface area contributed by atoms with Gasteiger partial charge in [0.05, 0.1) is 11.3 Å². The van der Waals surface area contributed by atoms with Crippen molar-refractivity contribution in [3.8, 4) is 0 Å². The van der Waals surface area contributed by atoms with Gasteiger partial charge in [0.2, 0.25) is 0 Å². The molecule has 0 saturated carbocycles. The SMILES string of the molecule is O=C(NC(=O)c1ccco1)Nc1ccc(F)c(Cl)c1. The number of carbonyl (C=O) groups excluding carboxylic acids is 2. The van der Waals surface area contributed by atoms with Crippen LogP contribution in [-0.4, -0.2) is 11.9 Å². The van der Waals surface area contributed by atoms with E-state index >= 15 is 0 Å². The highest BCUT2D eigenvalue weighted by Crippen LogP contribution is 2.19. The molecule has 0 saturated heterocycles. The normalized spacial score (nSPS) is 10.0. The summed E-state index contributed by atoms with van der Waals surface area (Å²) in [6, 6.07) is 5.81. The fourth-order valence-electron chi connectivity index (χ4n) is 1.31. The summed E-state index contributed by atoms with van der Waals surface area (Å²) in [7, 11) is 0. The summed E-state index contributed by atoms with van der Waals surface area (Å²) >= 11 is 5.56. The number of imide groups is 1. The highest BCUT2D eigenvalue weighted by atomic mass is 35.5. The average molecular weight is 283 g/mol. The summed E-state index contributed by atoms with van der Waals surface area (Å²) in [6.07, 6.45) is 1.31.